The number of ether oxygens (including phenoxy) is 1. The highest BCUT2D eigenvalue weighted by Crippen LogP contribution is 2.23. The van der Waals surface area contributed by atoms with E-state index in [9.17, 15) is 0 Å². The number of aliphatic hydroxyl groups excluding tert-OH is 1. The molecule has 2 rings (SSSR count). The second kappa shape index (κ2) is 4.99. The highest BCUT2D eigenvalue weighted by molar-refractivity contribution is 6.31. The molecular weight excluding hydrogens is 228 g/mol. The third-order valence-corrected chi connectivity index (χ3v) is 3.09. The Morgan fingerprint density at radius 2 is 2.50 bits per heavy atom. The summed E-state index contributed by atoms with van der Waals surface area (Å²) >= 11 is 5.91. The first kappa shape index (κ1) is 11.6. The second-order valence-electron chi connectivity index (χ2n) is 3.91. The number of aliphatic hydroxyl groups is 1. The van der Waals surface area contributed by atoms with Gasteiger partial charge in [-0.15, -0.1) is 0 Å². The Hall–Kier alpha value is -0.840. The van der Waals surface area contributed by atoms with Crippen LogP contribution >= 0.6 is 11.6 Å². The van der Waals surface area contributed by atoms with Crippen molar-refractivity contribution in [1.29, 1.82) is 0 Å². The predicted octanol–water partition coefficient (Wildman–Crippen LogP) is 1.45. The van der Waals surface area contributed by atoms with Crippen LogP contribution in [0.25, 0.3) is 0 Å². The molecule has 1 saturated heterocycles. The van der Waals surface area contributed by atoms with Crippen LogP contribution in [0.5, 0.6) is 0 Å². The van der Waals surface area contributed by atoms with Gasteiger partial charge in [0, 0.05) is 18.3 Å². The van der Waals surface area contributed by atoms with E-state index in [1.165, 1.54) is 0 Å². The van der Waals surface area contributed by atoms with Crippen LogP contribution in [0.2, 0.25) is 5.02 Å². The van der Waals surface area contributed by atoms with Crippen molar-refractivity contribution >= 4 is 17.4 Å². The van der Waals surface area contributed by atoms with Crippen molar-refractivity contribution < 1.29 is 9.84 Å². The average Bonchev–Trinajstić information content (AvgIpc) is 2.31. The molecule has 88 valence electrons. The zero-order chi connectivity index (χ0) is 11.5. The number of hydrogen-bond donors (Lipinski definition) is 1. The van der Waals surface area contributed by atoms with Gasteiger partial charge in [0.05, 0.1) is 30.9 Å². The molecule has 1 atom stereocenters. The first-order valence-electron chi connectivity index (χ1n) is 5.32. The first-order valence-corrected chi connectivity index (χ1v) is 5.70. The van der Waals surface area contributed by atoms with E-state index >= 15 is 0 Å². The van der Waals surface area contributed by atoms with E-state index in [0.717, 1.165) is 12.4 Å². The number of halogens is 1. The molecule has 16 heavy (non-hydrogen) atoms. The Labute approximate surface area is 99.8 Å². The van der Waals surface area contributed by atoms with Gasteiger partial charge in [-0.3, -0.25) is 0 Å². The number of morpholine rings is 1. The molecule has 1 aromatic rings. The molecule has 0 spiro atoms. The van der Waals surface area contributed by atoms with E-state index in [0.29, 0.717) is 29.8 Å². The van der Waals surface area contributed by atoms with Crippen molar-refractivity contribution in [3.63, 3.8) is 0 Å². The van der Waals surface area contributed by atoms with Gasteiger partial charge in [-0.25, -0.2) is 4.98 Å². The summed E-state index contributed by atoms with van der Waals surface area (Å²) < 4.78 is 5.37. The summed E-state index contributed by atoms with van der Waals surface area (Å²) in [4.78, 5) is 6.45. The van der Waals surface area contributed by atoms with Gasteiger partial charge < -0.3 is 14.7 Å². The van der Waals surface area contributed by atoms with Crippen molar-refractivity contribution in [2.24, 2.45) is 0 Å². The number of rotatable bonds is 2. The molecular formula is C11H15ClN2O2. The fourth-order valence-corrected chi connectivity index (χ4v) is 1.98. The molecule has 5 heteroatoms. The number of pyridine rings is 1. The molecule has 0 bridgehead atoms. The summed E-state index contributed by atoms with van der Waals surface area (Å²) in [5.74, 6) is 0.851. The van der Waals surface area contributed by atoms with E-state index in [1.807, 2.05) is 6.07 Å². The van der Waals surface area contributed by atoms with Gasteiger partial charge >= 0.3 is 0 Å². The molecule has 0 aromatic carbocycles. The molecule has 1 aliphatic rings. The molecule has 1 fully saturated rings. The Morgan fingerprint density at radius 1 is 1.69 bits per heavy atom. The van der Waals surface area contributed by atoms with Crippen molar-refractivity contribution in [2.75, 3.05) is 24.7 Å². The molecule has 1 N–H and O–H groups in total. The average molecular weight is 243 g/mol. The summed E-state index contributed by atoms with van der Waals surface area (Å²) in [6, 6.07) is 2.14. The van der Waals surface area contributed by atoms with Gasteiger partial charge in [0.15, 0.2) is 0 Å². The highest BCUT2D eigenvalue weighted by Gasteiger charge is 2.20. The van der Waals surface area contributed by atoms with Crippen molar-refractivity contribution in [3.05, 3.63) is 22.8 Å². The van der Waals surface area contributed by atoms with Crippen LogP contribution in [0.15, 0.2) is 12.3 Å². The minimum absolute atomic E-state index is 0.0624. The Balaban J connectivity index is 2.25. The third kappa shape index (κ3) is 2.29. The van der Waals surface area contributed by atoms with E-state index in [2.05, 4.69) is 16.8 Å². The molecule has 1 aliphatic heterocycles. The minimum atomic E-state index is -0.0624. The molecule has 1 aromatic heterocycles. The lowest BCUT2D eigenvalue weighted by Crippen LogP contribution is -2.44. The summed E-state index contributed by atoms with van der Waals surface area (Å²) in [6.45, 7) is 4.27. The first-order chi connectivity index (χ1) is 7.72. The predicted molar refractivity (Wildman–Crippen MR) is 62.8 cm³/mol. The van der Waals surface area contributed by atoms with Crippen LogP contribution in [0.3, 0.4) is 0 Å². The monoisotopic (exact) mass is 242 g/mol. The smallest absolute Gasteiger partial charge is 0.129 e. The number of nitrogens with zero attached hydrogens (tertiary/aromatic N) is 2. The van der Waals surface area contributed by atoms with E-state index in [4.69, 9.17) is 21.4 Å². The molecule has 2 heterocycles. The molecule has 1 unspecified atom stereocenters. The molecule has 4 nitrogen and oxygen atoms in total. The lowest BCUT2D eigenvalue weighted by Gasteiger charge is -2.34. The Bertz CT molecular complexity index is 373. The highest BCUT2D eigenvalue weighted by atomic mass is 35.5. The van der Waals surface area contributed by atoms with Crippen molar-refractivity contribution in [2.45, 2.75) is 19.6 Å². The molecule has 0 aliphatic carbocycles. The molecule has 0 radical (unpaired) electrons. The summed E-state index contributed by atoms with van der Waals surface area (Å²) in [5.41, 5.74) is 0.713. The lowest BCUT2D eigenvalue weighted by molar-refractivity contribution is 0.0985. The van der Waals surface area contributed by atoms with E-state index in [1.54, 1.807) is 6.20 Å². The zero-order valence-corrected chi connectivity index (χ0v) is 9.94. The second-order valence-corrected chi connectivity index (χ2v) is 4.32. The lowest BCUT2D eigenvalue weighted by atomic mass is 10.2. The maximum Gasteiger partial charge on any atom is 0.129 e. The summed E-state index contributed by atoms with van der Waals surface area (Å²) in [7, 11) is 0. The van der Waals surface area contributed by atoms with Crippen LogP contribution in [0.4, 0.5) is 5.82 Å². The van der Waals surface area contributed by atoms with Gasteiger partial charge in [-0.1, -0.05) is 11.6 Å². The van der Waals surface area contributed by atoms with Gasteiger partial charge in [-0.05, 0) is 13.0 Å². The summed E-state index contributed by atoms with van der Waals surface area (Å²) in [6.07, 6.45) is 1.59. The largest absolute Gasteiger partial charge is 0.392 e. The van der Waals surface area contributed by atoms with Crippen molar-refractivity contribution in [3.8, 4) is 0 Å². The molecule has 0 saturated carbocycles. The summed E-state index contributed by atoms with van der Waals surface area (Å²) in [5, 5.41) is 9.66. The quantitative estimate of drug-likeness (QED) is 0.853. The van der Waals surface area contributed by atoms with Gasteiger partial charge in [0.25, 0.3) is 0 Å². The Morgan fingerprint density at radius 3 is 3.19 bits per heavy atom. The number of hydrogen-bond acceptors (Lipinski definition) is 4. The normalized spacial score (nSPS) is 21.2. The van der Waals surface area contributed by atoms with E-state index < -0.39 is 0 Å². The zero-order valence-electron chi connectivity index (χ0n) is 9.19. The maximum absolute atomic E-state index is 9.15. The molecule has 0 amide bonds. The fourth-order valence-electron chi connectivity index (χ4n) is 1.81. The van der Waals surface area contributed by atoms with Gasteiger partial charge in [0.1, 0.15) is 5.82 Å². The van der Waals surface area contributed by atoms with Crippen LogP contribution in [-0.4, -0.2) is 35.9 Å². The van der Waals surface area contributed by atoms with Crippen LogP contribution in [0.1, 0.15) is 12.5 Å². The number of anilines is 1. The van der Waals surface area contributed by atoms with Crippen LogP contribution in [0, 0.1) is 0 Å². The maximum atomic E-state index is 9.15. The van der Waals surface area contributed by atoms with Crippen LogP contribution < -0.4 is 4.90 Å². The van der Waals surface area contributed by atoms with Crippen molar-refractivity contribution in [1.82, 2.24) is 4.98 Å². The topological polar surface area (TPSA) is 45.6 Å². The number of aromatic nitrogens is 1. The minimum Gasteiger partial charge on any atom is -0.392 e. The van der Waals surface area contributed by atoms with Crippen LogP contribution in [-0.2, 0) is 11.3 Å². The fraction of sp³-hybridized carbons (Fsp3) is 0.545. The Kier molecular flexibility index (Phi) is 3.63. The van der Waals surface area contributed by atoms with E-state index in [-0.39, 0.29) is 6.61 Å². The SMILES string of the molecule is CC1COCCN1c1cc(CO)c(Cl)cn1. The standard InChI is InChI=1S/C11H15ClN2O2/c1-8-7-16-3-2-14(8)11-4-9(6-15)10(12)5-13-11/h4-5,8,15H,2-3,6-7H2,1H3. The van der Waals surface area contributed by atoms with Gasteiger partial charge in [0.2, 0.25) is 0 Å². The third-order valence-electron chi connectivity index (χ3n) is 2.75. The van der Waals surface area contributed by atoms with Gasteiger partial charge in [-0.2, -0.15) is 0 Å².